The molecule has 3 aliphatic heterocycles. The molecule has 18 heavy (non-hydrogen) atoms. The maximum absolute atomic E-state index is 12.4. The highest BCUT2D eigenvalue weighted by atomic mass is 16.5. The zero-order valence-electron chi connectivity index (χ0n) is 11.1. The summed E-state index contributed by atoms with van der Waals surface area (Å²) in [7, 11) is 0. The van der Waals surface area contributed by atoms with E-state index in [4.69, 9.17) is 4.74 Å². The molecule has 4 nitrogen and oxygen atoms in total. The van der Waals surface area contributed by atoms with Gasteiger partial charge in [-0.3, -0.25) is 4.79 Å². The molecule has 3 fully saturated rings. The van der Waals surface area contributed by atoms with Crippen LogP contribution in [-0.4, -0.2) is 49.2 Å². The molecule has 3 unspecified atom stereocenters. The molecule has 0 spiro atoms. The average Bonchev–Trinajstić information content (AvgIpc) is 2.93. The minimum absolute atomic E-state index is 0.387. The first-order valence-electron chi connectivity index (χ1n) is 7.44. The van der Waals surface area contributed by atoms with Crippen molar-refractivity contribution in [2.45, 2.75) is 50.6 Å². The van der Waals surface area contributed by atoms with Gasteiger partial charge in [-0.15, -0.1) is 0 Å². The van der Waals surface area contributed by atoms with Gasteiger partial charge in [0.2, 0.25) is 5.91 Å². The number of ether oxygens (including phenoxy) is 1. The fourth-order valence-electron chi connectivity index (χ4n) is 3.66. The fourth-order valence-corrected chi connectivity index (χ4v) is 3.66. The number of amides is 1. The van der Waals surface area contributed by atoms with Crippen LogP contribution in [0.15, 0.2) is 0 Å². The van der Waals surface area contributed by atoms with E-state index in [0.29, 0.717) is 23.9 Å². The molecule has 2 bridgehead atoms. The van der Waals surface area contributed by atoms with Crippen molar-refractivity contribution in [3.63, 3.8) is 0 Å². The molecule has 0 radical (unpaired) electrons. The molecule has 3 saturated heterocycles. The second kappa shape index (κ2) is 5.57. The standard InChI is InChI=1S/C14H24N2O2/c17-14(4-1-11-6-8-18-10-11)16-12-2-3-13(16)9-15-7-5-12/h11-13,15H,1-10H2. The Morgan fingerprint density at radius 1 is 1.22 bits per heavy atom. The molecule has 102 valence electrons. The van der Waals surface area contributed by atoms with Crippen LogP contribution in [0.2, 0.25) is 0 Å². The van der Waals surface area contributed by atoms with Crippen LogP contribution >= 0.6 is 0 Å². The van der Waals surface area contributed by atoms with E-state index in [1.54, 1.807) is 0 Å². The van der Waals surface area contributed by atoms with E-state index in [1.807, 2.05) is 0 Å². The second-order valence-electron chi connectivity index (χ2n) is 5.95. The summed E-state index contributed by atoms with van der Waals surface area (Å²) in [5, 5.41) is 3.45. The summed E-state index contributed by atoms with van der Waals surface area (Å²) in [5.41, 5.74) is 0. The summed E-state index contributed by atoms with van der Waals surface area (Å²) < 4.78 is 5.37. The molecular weight excluding hydrogens is 228 g/mol. The van der Waals surface area contributed by atoms with Gasteiger partial charge in [0.1, 0.15) is 0 Å². The first-order chi connectivity index (χ1) is 8.84. The van der Waals surface area contributed by atoms with Crippen molar-refractivity contribution in [2.24, 2.45) is 5.92 Å². The predicted molar refractivity (Wildman–Crippen MR) is 69.3 cm³/mol. The summed E-state index contributed by atoms with van der Waals surface area (Å²) >= 11 is 0. The summed E-state index contributed by atoms with van der Waals surface area (Å²) in [4.78, 5) is 14.6. The minimum atomic E-state index is 0.387. The molecule has 3 heterocycles. The Morgan fingerprint density at radius 3 is 2.94 bits per heavy atom. The minimum Gasteiger partial charge on any atom is -0.381 e. The highest BCUT2D eigenvalue weighted by molar-refractivity contribution is 5.77. The van der Waals surface area contributed by atoms with Crippen LogP contribution in [0.4, 0.5) is 0 Å². The lowest BCUT2D eigenvalue weighted by Gasteiger charge is -2.28. The Labute approximate surface area is 109 Å². The number of nitrogens with one attached hydrogen (secondary N) is 1. The van der Waals surface area contributed by atoms with Gasteiger partial charge in [-0.2, -0.15) is 0 Å². The zero-order valence-corrected chi connectivity index (χ0v) is 11.1. The van der Waals surface area contributed by atoms with Gasteiger partial charge in [0.25, 0.3) is 0 Å². The number of hydrogen-bond acceptors (Lipinski definition) is 3. The summed E-state index contributed by atoms with van der Waals surface area (Å²) in [6, 6.07) is 0.974. The van der Waals surface area contributed by atoms with E-state index >= 15 is 0 Å². The van der Waals surface area contributed by atoms with Gasteiger partial charge < -0.3 is 15.0 Å². The molecule has 0 saturated carbocycles. The van der Waals surface area contributed by atoms with Crippen LogP contribution in [0.1, 0.15) is 38.5 Å². The molecule has 1 N–H and O–H groups in total. The maximum Gasteiger partial charge on any atom is 0.223 e. The molecule has 3 rings (SSSR count). The highest BCUT2D eigenvalue weighted by Crippen LogP contribution is 2.29. The molecular formula is C14H24N2O2. The maximum atomic E-state index is 12.4. The van der Waals surface area contributed by atoms with Crippen molar-refractivity contribution >= 4 is 5.91 Å². The summed E-state index contributed by atoms with van der Waals surface area (Å²) in [5.74, 6) is 1.01. The van der Waals surface area contributed by atoms with Gasteiger partial charge >= 0.3 is 0 Å². The van der Waals surface area contributed by atoms with E-state index in [0.717, 1.165) is 52.0 Å². The monoisotopic (exact) mass is 252 g/mol. The van der Waals surface area contributed by atoms with E-state index < -0.39 is 0 Å². The lowest BCUT2D eigenvalue weighted by molar-refractivity contribution is -0.134. The third-order valence-corrected chi connectivity index (χ3v) is 4.73. The molecule has 0 aromatic heterocycles. The predicted octanol–water partition coefficient (Wildman–Crippen LogP) is 1.16. The third-order valence-electron chi connectivity index (χ3n) is 4.73. The molecule has 1 amide bonds. The largest absolute Gasteiger partial charge is 0.381 e. The topological polar surface area (TPSA) is 41.6 Å². The van der Waals surface area contributed by atoms with Gasteiger partial charge in [-0.05, 0) is 44.6 Å². The molecule has 0 aromatic rings. The van der Waals surface area contributed by atoms with Crippen LogP contribution in [0.3, 0.4) is 0 Å². The average molecular weight is 252 g/mol. The van der Waals surface area contributed by atoms with Crippen LogP contribution in [0, 0.1) is 5.92 Å². The van der Waals surface area contributed by atoms with E-state index in [2.05, 4.69) is 10.2 Å². The molecule has 4 heteroatoms. The van der Waals surface area contributed by atoms with E-state index in [9.17, 15) is 4.79 Å². The van der Waals surface area contributed by atoms with E-state index in [-0.39, 0.29) is 0 Å². The van der Waals surface area contributed by atoms with Crippen LogP contribution in [-0.2, 0) is 9.53 Å². The zero-order chi connectivity index (χ0) is 12.4. The first kappa shape index (κ1) is 12.4. The van der Waals surface area contributed by atoms with Gasteiger partial charge in [0.15, 0.2) is 0 Å². The van der Waals surface area contributed by atoms with Gasteiger partial charge in [-0.25, -0.2) is 0 Å². The Morgan fingerprint density at radius 2 is 2.11 bits per heavy atom. The molecule has 0 aliphatic carbocycles. The number of rotatable bonds is 3. The fraction of sp³-hybridized carbons (Fsp3) is 0.929. The smallest absolute Gasteiger partial charge is 0.223 e. The van der Waals surface area contributed by atoms with Crippen molar-refractivity contribution < 1.29 is 9.53 Å². The van der Waals surface area contributed by atoms with Crippen LogP contribution in [0.25, 0.3) is 0 Å². The first-order valence-corrected chi connectivity index (χ1v) is 7.44. The number of nitrogens with zero attached hydrogens (tertiary/aromatic N) is 1. The summed E-state index contributed by atoms with van der Waals surface area (Å²) in [6.45, 7) is 3.82. The number of carbonyl (C=O) groups is 1. The second-order valence-corrected chi connectivity index (χ2v) is 5.95. The molecule has 0 aromatic carbocycles. The normalized spacial score (nSPS) is 35.8. The van der Waals surface area contributed by atoms with Crippen LogP contribution < -0.4 is 5.32 Å². The Hall–Kier alpha value is -0.610. The number of fused-ring (bicyclic) bond motifs is 2. The molecule has 3 atom stereocenters. The Bertz CT molecular complexity index is 288. The summed E-state index contributed by atoms with van der Waals surface area (Å²) in [6.07, 6.45) is 6.42. The van der Waals surface area contributed by atoms with Crippen molar-refractivity contribution in [1.29, 1.82) is 0 Å². The van der Waals surface area contributed by atoms with Crippen molar-refractivity contribution in [3.8, 4) is 0 Å². The van der Waals surface area contributed by atoms with E-state index in [1.165, 1.54) is 12.8 Å². The highest BCUT2D eigenvalue weighted by Gasteiger charge is 2.37. The van der Waals surface area contributed by atoms with Gasteiger partial charge in [-0.1, -0.05) is 0 Å². The van der Waals surface area contributed by atoms with Crippen molar-refractivity contribution in [3.05, 3.63) is 0 Å². The third kappa shape index (κ3) is 2.54. The number of hydrogen-bond donors (Lipinski definition) is 1. The Kier molecular flexibility index (Phi) is 3.85. The van der Waals surface area contributed by atoms with Crippen molar-refractivity contribution in [1.82, 2.24) is 10.2 Å². The molecule has 3 aliphatic rings. The van der Waals surface area contributed by atoms with Gasteiger partial charge in [0.05, 0.1) is 0 Å². The lowest BCUT2D eigenvalue weighted by atomic mass is 10.0. The SMILES string of the molecule is O=C(CCC1CCOC1)N1C2CCNCC1CC2. The van der Waals surface area contributed by atoms with Gasteiger partial charge in [0, 0.05) is 38.3 Å². The Balaban J connectivity index is 1.54. The quantitative estimate of drug-likeness (QED) is 0.819. The van der Waals surface area contributed by atoms with Crippen LogP contribution in [0.5, 0.6) is 0 Å². The van der Waals surface area contributed by atoms with Crippen molar-refractivity contribution in [2.75, 3.05) is 26.3 Å². The lowest BCUT2D eigenvalue weighted by Crippen LogP contribution is -2.42. The number of carbonyl (C=O) groups excluding carboxylic acids is 1.